The van der Waals surface area contributed by atoms with Crippen molar-refractivity contribution < 1.29 is 27.8 Å². The molecule has 3 aromatic carbocycles. The van der Waals surface area contributed by atoms with E-state index < -0.39 is 0 Å². The minimum atomic E-state index is -0.308. The number of amides is 1. The van der Waals surface area contributed by atoms with E-state index in [0.717, 1.165) is 11.1 Å². The number of carbonyl (C=O) groups excluding carboxylic acids is 1. The summed E-state index contributed by atoms with van der Waals surface area (Å²) in [5, 5.41) is 0. The van der Waals surface area contributed by atoms with Gasteiger partial charge in [-0.15, -0.1) is 0 Å². The molecule has 3 aromatic rings. The second-order valence-electron chi connectivity index (χ2n) is 8.54. The van der Waals surface area contributed by atoms with Crippen LogP contribution in [0.2, 0.25) is 0 Å². The van der Waals surface area contributed by atoms with Gasteiger partial charge in [0.2, 0.25) is 5.75 Å². The Morgan fingerprint density at radius 3 is 2.00 bits per heavy atom. The van der Waals surface area contributed by atoms with E-state index in [1.165, 1.54) is 31.4 Å². The standard InChI is InChI=1S/C27H26F2N2O4/c1-33-23-16-20(17-24-26(23)35-15-14-34-24)27(32)31-12-10-30(11-13-31)25(18-2-6-21(28)7-3-18)19-4-8-22(29)9-5-19/h2-9,16-17,25H,10-15H2,1H3. The van der Waals surface area contributed by atoms with Crippen molar-refractivity contribution in [3.63, 3.8) is 0 Å². The average Bonchev–Trinajstić information content (AvgIpc) is 2.90. The number of carbonyl (C=O) groups is 1. The van der Waals surface area contributed by atoms with Crippen LogP contribution in [0.4, 0.5) is 8.78 Å². The highest BCUT2D eigenvalue weighted by atomic mass is 19.1. The number of halogens is 2. The van der Waals surface area contributed by atoms with E-state index in [1.54, 1.807) is 41.3 Å². The van der Waals surface area contributed by atoms with Crippen LogP contribution in [-0.4, -0.2) is 62.2 Å². The van der Waals surface area contributed by atoms with Gasteiger partial charge < -0.3 is 19.1 Å². The summed E-state index contributed by atoms with van der Waals surface area (Å²) < 4.78 is 43.9. The van der Waals surface area contributed by atoms with Gasteiger partial charge in [-0.1, -0.05) is 24.3 Å². The Bertz CT molecular complexity index is 1130. The summed E-state index contributed by atoms with van der Waals surface area (Å²) in [7, 11) is 1.53. The number of benzene rings is 3. The summed E-state index contributed by atoms with van der Waals surface area (Å²) in [5.74, 6) is 0.762. The van der Waals surface area contributed by atoms with Crippen LogP contribution in [-0.2, 0) is 0 Å². The topological polar surface area (TPSA) is 51.2 Å². The van der Waals surface area contributed by atoms with Crippen molar-refractivity contribution in [1.82, 2.24) is 9.80 Å². The van der Waals surface area contributed by atoms with Crippen LogP contribution in [0.25, 0.3) is 0 Å². The Balaban J connectivity index is 1.35. The van der Waals surface area contributed by atoms with E-state index in [9.17, 15) is 13.6 Å². The Hall–Kier alpha value is -3.65. The van der Waals surface area contributed by atoms with Crippen molar-refractivity contribution in [3.8, 4) is 17.2 Å². The molecule has 8 heteroatoms. The largest absolute Gasteiger partial charge is 0.493 e. The zero-order valence-electron chi connectivity index (χ0n) is 19.4. The molecule has 0 spiro atoms. The lowest BCUT2D eigenvalue weighted by Gasteiger charge is -2.40. The fourth-order valence-corrected chi connectivity index (χ4v) is 4.67. The number of piperazine rings is 1. The van der Waals surface area contributed by atoms with Gasteiger partial charge in [-0.3, -0.25) is 9.69 Å². The summed E-state index contributed by atoms with van der Waals surface area (Å²) in [6.07, 6.45) is 0. The van der Waals surface area contributed by atoms with Gasteiger partial charge in [0.1, 0.15) is 24.8 Å². The third-order valence-electron chi connectivity index (χ3n) is 6.41. The van der Waals surface area contributed by atoms with E-state index in [4.69, 9.17) is 14.2 Å². The second-order valence-corrected chi connectivity index (χ2v) is 8.54. The number of hydrogen-bond donors (Lipinski definition) is 0. The molecule has 1 fully saturated rings. The van der Waals surface area contributed by atoms with Crippen LogP contribution in [0, 0.1) is 11.6 Å². The first-order valence-corrected chi connectivity index (χ1v) is 11.6. The highest BCUT2D eigenvalue weighted by Crippen LogP contribution is 2.40. The molecule has 35 heavy (non-hydrogen) atoms. The number of fused-ring (bicyclic) bond motifs is 1. The van der Waals surface area contributed by atoms with Gasteiger partial charge in [0.15, 0.2) is 11.5 Å². The maximum Gasteiger partial charge on any atom is 0.254 e. The second kappa shape index (κ2) is 9.92. The van der Waals surface area contributed by atoms with Crippen LogP contribution in [0.5, 0.6) is 17.2 Å². The molecule has 5 rings (SSSR count). The highest BCUT2D eigenvalue weighted by molar-refractivity contribution is 5.95. The molecular formula is C27H26F2N2O4. The zero-order chi connectivity index (χ0) is 24.4. The molecular weight excluding hydrogens is 454 g/mol. The molecule has 2 aliphatic heterocycles. The monoisotopic (exact) mass is 480 g/mol. The van der Waals surface area contributed by atoms with Crippen molar-refractivity contribution in [2.24, 2.45) is 0 Å². The third-order valence-corrected chi connectivity index (χ3v) is 6.41. The van der Waals surface area contributed by atoms with Crippen LogP contribution in [0.3, 0.4) is 0 Å². The number of rotatable bonds is 5. The first-order chi connectivity index (χ1) is 17.0. The van der Waals surface area contributed by atoms with Crippen LogP contribution >= 0.6 is 0 Å². The Morgan fingerprint density at radius 2 is 1.43 bits per heavy atom. The van der Waals surface area contributed by atoms with Crippen molar-refractivity contribution in [2.45, 2.75) is 6.04 Å². The Labute approximate surface area is 202 Å². The molecule has 0 N–H and O–H groups in total. The van der Waals surface area contributed by atoms with E-state index in [1.807, 2.05) is 0 Å². The van der Waals surface area contributed by atoms with Crippen LogP contribution < -0.4 is 14.2 Å². The SMILES string of the molecule is COc1cc(C(=O)N2CCN(C(c3ccc(F)cc3)c3ccc(F)cc3)CC2)cc2c1OCCO2. The molecule has 2 heterocycles. The summed E-state index contributed by atoms with van der Waals surface area (Å²) in [6, 6.07) is 15.9. The lowest BCUT2D eigenvalue weighted by atomic mass is 9.96. The quantitative estimate of drug-likeness (QED) is 0.545. The predicted octanol–water partition coefficient (Wildman–Crippen LogP) is 4.29. The molecule has 182 valence electrons. The van der Waals surface area contributed by atoms with E-state index in [0.29, 0.717) is 62.2 Å². The Morgan fingerprint density at radius 1 is 0.857 bits per heavy atom. The third kappa shape index (κ3) is 4.79. The van der Waals surface area contributed by atoms with Gasteiger partial charge in [-0.2, -0.15) is 0 Å². The molecule has 0 unspecified atom stereocenters. The van der Waals surface area contributed by atoms with E-state index in [2.05, 4.69) is 4.90 Å². The normalized spacial score (nSPS) is 15.8. The van der Waals surface area contributed by atoms with Gasteiger partial charge in [-0.25, -0.2) is 8.78 Å². The summed E-state index contributed by atoms with van der Waals surface area (Å²) in [5.41, 5.74) is 2.30. The fourth-order valence-electron chi connectivity index (χ4n) is 4.67. The van der Waals surface area contributed by atoms with Crippen molar-refractivity contribution in [1.29, 1.82) is 0 Å². The number of ether oxygens (including phenoxy) is 3. The maximum absolute atomic E-state index is 13.6. The molecule has 0 radical (unpaired) electrons. The van der Waals surface area contributed by atoms with Crippen LogP contribution in [0.15, 0.2) is 60.7 Å². The molecule has 0 saturated carbocycles. The van der Waals surface area contributed by atoms with Gasteiger partial charge >= 0.3 is 0 Å². The van der Waals surface area contributed by atoms with Gasteiger partial charge in [0.05, 0.1) is 13.2 Å². The zero-order valence-corrected chi connectivity index (χ0v) is 19.4. The minimum absolute atomic E-state index is 0.111. The number of methoxy groups -OCH3 is 1. The molecule has 1 amide bonds. The lowest BCUT2D eigenvalue weighted by molar-refractivity contribution is 0.0595. The first kappa shape index (κ1) is 23.1. The molecule has 6 nitrogen and oxygen atoms in total. The van der Waals surface area contributed by atoms with Crippen molar-refractivity contribution >= 4 is 5.91 Å². The van der Waals surface area contributed by atoms with Crippen LogP contribution in [0.1, 0.15) is 27.5 Å². The lowest BCUT2D eigenvalue weighted by Crippen LogP contribution is -2.49. The average molecular weight is 481 g/mol. The fraction of sp³-hybridized carbons (Fsp3) is 0.296. The smallest absolute Gasteiger partial charge is 0.254 e. The van der Waals surface area contributed by atoms with E-state index >= 15 is 0 Å². The molecule has 0 bridgehead atoms. The van der Waals surface area contributed by atoms with Gasteiger partial charge in [-0.05, 0) is 47.5 Å². The van der Waals surface area contributed by atoms with Crippen molar-refractivity contribution in [3.05, 3.63) is 89.0 Å². The molecule has 1 saturated heterocycles. The maximum atomic E-state index is 13.6. The molecule has 0 aliphatic carbocycles. The summed E-state index contributed by atoms with van der Waals surface area (Å²) in [4.78, 5) is 17.3. The number of hydrogen-bond acceptors (Lipinski definition) is 5. The van der Waals surface area contributed by atoms with E-state index in [-0.39, 0.29) is 23.6 Å². The molecule has 0 atom stereocenters. The van der Waals surface area contributed by atoms with Gasteiger partial charge in [0.25, 0.3) is 5.91 Å². The minimum Gasteiger partial charge on any atom is -0.493 e. The molecule has 0 aromatic heterocycles. The predicted molar refractivity (Wildman–Crippen MR) is 126 cm³/mol. The van der Waals surface area contributed by atoms with Crippen molar-refractivity contribution in [2.75, 3.05) is 46.5 Å². The Kier molecular flexibility index (Phi) is 6.55. The number of nitrogens with zero attached hydrogens (tertiary/aromatic N) is 2. The molecule has 2 aliphatic rings. The van der Waals surface area contributed by atoms with Gasteiger partial charge in [0, 0.05) is 31.7 Å². The highest BCUT2D eigenvalue weighted by Gasteiger charge is 2.30. The first-order valence-electron chi connectivity index (χ1n) is 11.6. The summed E-state index contributed by atoms with van der Waals surface area (Å²) >= 11 is 0. The summed E-state index contributed by atoms with van der Waals surface area (Å²) in [6.45, 7) is 3.07.